The van der Waals surface area contributed by atoms with Gasteiger partial charge in [-0.3, -0.25) is 19.2 Å². The number of Topliss-reactive ketones (excluding diaryl/α,β-unsaturated/α-hetero) is 2. The first-order valence-electron chi connectivity index (χ1n) is 6.50. The summed E-state index contributed by atoms with van der Waals surface area (Å²) in [5, 5.41) is 11.0. The third-order valence-corrected chi connectivity index (χ3v) is 2.80. The van der Waals surface area contributed by atoms with Crippen molar-refractivity contribution in [3.8, 4) is 0 Å². The van der Waals surface area contributed by atoms with Gasteiger partial charge >= 0.3 is 5.97 Å². The highest BCUT2D eigenvalue weighted by Gasteiger charge is 2.13. The maximum atomic E-state index is 11.7. The number of carbonyl (C=O) groups excluding carboxylic acids is 3. The number of nitrogens with one attached hydrogen (secondary N) is 1. The lowest BCUT2D eigenvalue weighted by molar-refractivity contribution is -0.138. The normalized spacial score (nSPS) is 10.1. The Kier molecular flexibility index (Phi) is 6.36. The first kappa shape index (κ1) is 17.5. The highest BCUT2D eigenvalue weighted by molar-refractivity contribution is 6.05. The minimum Gasteiger partial charge on any atom is -0.481 e. The van der Waals surface area contributed by atoms with Crippen LogP contribution in [0.2, 0.25) is 0 Å². The van der Waals surface area contributed by atoms with E-state index in [4.69, 9.17) is 16.6 Å². The maximum Gasteiger partial charge on any atom is 0.303 e. The molecule has 0 radical (unpaired) electrons. The number of rotatable bonds is 8. The second-order valence-electron chi connectivity index (χ2n) is 4.50. The first-order chi connectivity index (χ1) is 10.4. The predicted molar refractivity (Wildman–Crippen MR) is 78.7 cm³/mol. The van der Waals surface area contributed by atoms with Crippen molar-refractivity contribution in [2.24, 2.45) is 11.5 Å². The van der Waals surface area contributed by atoms with Gasteiger partial charge in [-0.25, -0.2) is 0 Å². The van der Waals surface area contributed by atoms with Gasteiger partial charge in [-0.05, 0) is 18.2 Å². The molecule has 0 unspecified atom stereocenters. The van der Waals surface area contributed by atoms with Crippen LogP contribution in [-0.2, 0) is 9.59 Å². The van der Waals surface area contributed by atoms with Crippen molar-refractivity contribution in [2.45, 2.75) is 12.8 Å². The first-order valence-corrected chi connectivity index (χ1v) is 6.50. The number of benzene rings is 1. The van der Waals surface area contributed by atoms with Crippen LogP contribution in [0, 0.1) is 0 Å². The Morgan fingerprint density at radius 3 is 1.82 bits per heavy atom. The topological polar surface area (TPSA) is 153 Å². The number of hydrogen-bond acceptors (Lipinski definition) is 6. The minimum absolute atomic E-state index is 0.176. The smallest absolute Gasteiger partial charge is 0.303 e. The Labute approximate surface area is 126 Å². The number of carboxylic acids is 1. The summed E-state index contributed by atoms with van der Waals surface area (Å²) in [6.07, 6.45) is -0.535. The number of ketones is 2. The molecule has 0 spiro atoms. The van der Waals surface area contributed by atoms with Crippen LogP contribution in [0.1, 0.15) is 33.6 Å². The van der Waals surface area contributed by atoms with E-state index in [0.717, 1.165) is 0 Å². The molecule has 1 aromatic carbocycles. The summed E-state index contributed by atoms with van der Waals surface area (Å²) in [5.74, 6) is -2.42. The van der Waals surface area contributed by atoms with Crippen LogP contribution >= 0.6 is 0 Å². The van der Waals surface area contributed by atoms with Crippen molar-refractivity contribution in [3.05, 3.63) is 29.3 Å². The summed E-state index contributed by atoms with van der Waals surface area (Å²) in [4.78, 5) is 45.4. The molecule has 1 aromatic rings. The summed E-state index contributed by atoms with van der Waals surface area (Å²) >= 11 is 0. The van der Waals surface area contributed by atoms with Gasteiger partial charge in [0, 0.05) is 23.2 Å². The van der Waals surface area contributed by atoms with E-state index >= 15 is 0 Å². The number of amides is 1. The van der Waals surface area contributed by atoms with Crippen molar-refractivity contribution in [2.75, 3.05) is 18.4 Å². The highest BCUT2D eigenvalue weighted by Crippen LogP contribution is 2.16. The van der Waals surface area contributed by atoms with Crippen LogP contribution in [0.3, 0.4) is 0 Å². The van der Waals surface area contributed by atoms with Gasteiger partial charge in [-0.15, -0.1) is 0 Å². The van der Waals surface area contributed by atoms with Gasteiger partial charge in [0.2, 0.25) is 5.91 Å². The Hall–Kier alpha value is -2.58. The highest BCUT2D eigenvalue weighted by atomic mass is 16.4. The molecule has 0 saturated heterocycles. The van der Waals surface area contributed by atoms with Crippen molar-refractivity contribution >= 4 is 29.1 Å². The molecule has 0 fully saturated rings. The van der Waals surface area contributed by atoms with Crippen LogP contribution in [-0.4, -0.2) is 41.6 Å². The SMILES string of the molecule is NCC(=O)c1cc(NC(=O)CCC(=O)O)cc(C(=O)CN)c1. The van der Waals surface area contributed by atoms with Crippen molar-refractivity contribution in [1.29, 1.82) is 0 Å². The zero-order valence-corrected chi connectivity index (χ0v) is 11.8. The summed E-state index contributed by atoms with van der Waals surface area (Å²) in [6, 6.07) is 4.11. The van der Waals surface area contributed by atoms with Gasteiger partial charge in [0.15, 0.2) is 11.6 Å². The summed E-state index contributed by atoms with van der Waals surface area (Å²) in [6.45, 7) is -0.487. The molecule has 1 rings (SSSR count). The Morgan fingerprint density at radius 2 is 1.41 bits per heavy atom. The molecule has 118 valence electrons. The third-order valence-electron chi connectivity index (χ3n) is 2.80. The molecule has 6 N–H and O–H groups in total. The quantitative estimate of drug-likeness (QED) is 0.484. The fourth-order valence-electron chi connectivity index (χ4n) is 1.70. The standard InChI is InChI=1S/C14H17N3O5/c15-6-11(18)8-3-9(12(19)7-16)5-10(4-8)17-13(20)1-2-14(21)22/h3-5H,1-2,6-7,15-16H2,(H,17,20)(H,21,22). The number of carboxylic acid groups (broad SMARTS) is 1. The number of nitrogens with two attached hydrogens (primary N) is 2. The molecule has 22 heavy (non-hydrogen) atoms. The third kappa shape index (κ3) is 5.08. The van der Waals surface area contributed by atoms with Gasteiger partial charge in [0.05, 0.1) is 19.5 Å². The van der Waals surface area contributed by atoms with Crippen LogP contribution in [0.4, 0.5) is 5.69 Å². The molecule has 0 aliphatic rings. The van der Waals surface area contributed by atoms with E-state index in [1.165, 1.54) is 18.2 Å². The van der Waals surface area contributed by atoms with Crippen LogP contribution in [0.5, 0.6) is 0 Å². The molecule has 0 aliphatic heterocycles. The Morgan fingerprint density at radius 1 is 0.909 bits per heavy atom. The molecule has 0 aromatic heterocycles. The van der Waals surface area contributed by atoms with Crippen molar-refractivity contribution < 1.29 is 24.3 Å². The van der Waals surface area contributed by atoms with Crippen LogP contribution in [0.15, 0.2) is 18.2 Å². The van der Waals surface area contributed by atoms with E-state index in [1.54, 1.807) is 0 Å². The van der Waals surface area contributed by atoms with Gasteiger partial charge in [0.1, 0.15) is 0 Å². The van der Waals surface area contributed by atoms with Gasteiger partial charge in [-0.2, -0.15) is 0 Å². The second-order valence-corrected chi connectivity index (χ2v) is 4.50. The minimum atomic E-state index is -1.10. The van der Waals surface area contributed by atoms with Gasteiger partial charge in [-0.1, -0.05) is 0 Å². The molecular formula is C14H17N3O5. The monoisotopic (exact) mass is 307 g/mol. The molecule has 0 saturated carbocycles. The Balaban J connectivity index is 3.02. The molecule has 0 heterocycles. The van der Waals surface area contributed by atoms with E-state index in [1.807, 2.05) is 0 Å². The fourth-order valence-corrected chi connectivity index (χ4v) is 1.70. The number of aliphatic carboxylic acids is 1. The van der Waals surface area contributed by atoms with E-state index in [0.29, 0.717) is 0 Å². The zero-order chi connectivity index (χ0) is 16.7. The largest absolute Gasteiger partial charge is 0.481 e. The lowest BCUT2D eigenvalue weighted by atomic mass is 10.0. The average molecular weight is 307 g/mol. The fraction of sp³-hybridized carbons (Fsp3) is 0.286. The van der Waals surface area contributed by atoms with Crippen molar-refractivity contribution in [3.63, 3.8) is 0 Å². The van der Waals surface area contributed by atoms with Crippen LogP contribution < -0.4 is 16.8 Å². The Bertz CT molecular complexity index is 578. The number of anilines is 1. The molecule has 0 aliphatic carbocycles. The summed E-state index contributed by atoms with van der Waals surface area (Å²) in [7, 11) is 0. The van der Waals surface area contributed by atoms with Crippen LogP contribution in [0.25, 0.3) is 0 Å². The number of hydrogen-bond donors (Lipinski definition) is 4. The number of carbonyl (C=O) groups is 4. The average Bonchev–Trinajstić information content (AvgIpc) is 2.50. The van der Waals surface area contributed by atoms with E-state index in [-0.39, 0.29) is 42.7 Å². The van der Waals surface area contributed by atoms with E-state index in [2.05, 4.69) is 5.32 Å². The molecule has 0 bridgehead atoms. The molecule has 8 nitrogen and oxygen atoms in total. The lowest BCUT2D eigenvalue weighted by Gasteiger charge is -2.09. The van der Waals surface area contributed by atoms with E-state index in [9.17, 15) is 19.2 Å². The van der Waals surface area contributed by atoms with Gasteiger partial charge < -0.3 is 21.9 Å². The zero-order valence-electron chi connectivity index (χ0n) is 11.8. The van der Waals surface area contributed by atoms with E-state index < -0.39 is 23.4 Å². The molecule has 0 atom stereocenters. The molecule has 1 amide bonds. The van der Waals surface area contributed by atoms with Crippen molar-refractivity contribution in [1.82, 2.24) is 0 Å². The lowest BCUT2D eigenvalue weighted by Crippen LogP contribution is -2.19. The molecular weight excluding hydrogens is 290 g/mol. The maximum absolute atomic E-state index is 11.7. The molecule has 8 heteroatoms. The second kappa shape index (κ2) is 8.01. The summed E-state index contributed by atoms with van der Waals surface area (Å²) < 4.78 is 0. The summed E-state index contributed by atoms with van der Waals surface area (Å²) in [5.41, 5.74) is 11.1. The predicted octanol–water partition coefficient (Wildman–Crippen LogP) is -0.227. The van der Waals surface area contributed by atoms with Gasteiger partial charge in [0.25, 0.3) is 0 Å².